The van der Waals surface area contributed by atoms with Crippen LogP contribution in [0, 0.1) is 6.92 Å². The number of anilines is 1. The molecule has 4 rings (SSSR count). The van der Waals surface area contributed by atoms with Crippen LogP contribution in [0.5, 0.6) is 0 Å². The lowest BCUT2D eigenvalue weighted by Crippen LogP contribution is -2.12. The molecule has 0 bridgehead atoms. The number of hydrogen-bond acceptors (Lipinski definition) is 3. The lowest BCUT2D eigenvalue weighted by molar-refractivity contribution is 0.102. The van der Waals surface area contributed by atoms with Gasteiger partial charge < -0.3 is 0 Å². The average molecular weight is 344 g/mol. The smallest absolute Gasteiger partial charge is 0.258 e. The molecule has 0 saturated carbocycles. The number of nitrogens with zero attached hydrogens (tertiary/aromatic N) is 1. The maximum atomic E-state index is 12.8. The predicted molar refractivity (Wildman–Crippen MR) is 104 cm³/mol. The number of carbonyl (C=O) groups is 1. The number of aromatic nitrogens is 1. The predicted octanol–water partition coefficient (Wildman–Crippen LogP) is 5.52. The molecule has 1 amide bonds. The third-order valence-electron chi connectivity index (χ3n) is 4.02. The van der Waals surface area contributed by atoms with Crippen LogP contribution in [-0.4, -0.2) is 10.9 Å². The van der Waals surface area contributed by atoms with Gasteiger partial charge in [0.2, 0.25) is 0 Å². The number of thiazole rings is 1. The van der Waals surface area contributed by atoms with Crippen LogP contribution in [-0.2, 0) is 0 Å². The minimum absolute atomic E-state index is 0.143. The number of hydrogen-bond donors (Lipinski definition) is 1. The van der Waals surface area contributed by atoms with Gasteiger partial charge in [0.15, 0.2) is 5.13 Å². The summed E-state index contributed by atoms with van der Waals surface area (Å²) in [5.41, 5.74) is 4.67. The first kappa shape index (κ1) is 15.5. The van der Waals surface area contributed by atoms with Crippen molar-refractivity contribution >= 4 is 32.6 Å². The van der Waals surface area contributed by atoms with Crippen LogP contribution in [0.2, 0.25) is 0 Å². The normalized spacial score (nSPS) is 10.8. The monoisotopic (exact) mass is 344 g/mol. The molecule has 0 atom stereocenters. The summed E-state index contributed by atoms with van der Waals surface area (Å²) >= 11 is 1.49. The van der Waals surface area contributed by atoms with Crippen LogP contribution < -0.4 is 5.32 Å². The Morgan fingerprint density at radius 2 is 1.72 bits per heavy atom. The lowest BCUT2D eigenvalue weighted by Gasteiger charge is -2.09. The molecule has 3 nitrogen and oxygen atoms in total. The highest BCUT2D eigenvalue weighted by atomic mass is 32.1. The summed E-state index contributed by atoms with van der Waals surface area (Å²) in [7, 11) is 0. The third kappa shape index (κ3) is 3.16. The number of benzene rings is 3. The Bertz CT molecular complexity index is 1050. The van der Waals surface area contributed by atoms with Crippen molar-refractivity contribution in [2.24, 2.45) is 0 Å². The van der Waals surface area contributed by atoms with Crippen LogP contribution in [0.4, 0.5) is 5.13 Å². The van der Waals surface area contributed by atoms with Crippen LogP contribution in [0.3, 0.4) is 0 Å². The van der Waals surface area contributed by atoms with Crippen molar-refractivity contribution in [2.75, 3.05) is 5.32 Å². The van der Waals surface area contributed by atoms with Gasteiger partial charge in [-0.05, 0) is 41.8 Å². The van der Waals surface area contributed by atoms with Gasteiger partial charge in [0.1, 0.15) is 0 Å². The topological polar surface area (TPSA) is 42.0 Å². The van der Waals surface area contributed by atoms with Gasteiger partial charge in [0, 0.05) is 5.56 Å². The van der Waals surface area contributed by atoms with Crippen molar-refractivity contribution < 1.29 is 4.79 Å². The van der Waals surface area contributed by atoms with E-state index in [-0.39, 0.29) is 5.91 Å². The minimum atomic E-state index is -0.143. The molecule has 0 aliphatic rings. The number of fused-ring (bicyclic) bond motifs is 1. The second kappa shape index (κ2) is 6.49. The van der Waals surface area contributed by atoms with Gasteiger partial charge in [0.25, 0.3) is 5.91 Å². The fourth-order valence-electron chi connectivity index (χ4n) is 2.80. The summed E-state index contributed by atoms with van der Waals surface area (Å²) in [6.07, 6.45) is 0. The highest BCUT2D eigenvalue weighted by molar-refractivity contribution is 7.22. The molecule has 0 radical (unpaired) electrons. The van der Waals surface area contributed by atoms with E-state index < -0.39 is 0 Å². The molecule has 4 heteroatoms. The summed E-state index contributed by atoms with van der Waals surface area (Å²) < 4.78 is 1.08. The molecule has 0 fully saturated rings. The zero-order valence-corrected chi connectivity index (χ0v) is 14.5. The molecule has 1 aromatic heterocycles. The van der Waals surface area contributed by atoms with Gasteiger partial charge in [-0.3, -0.25) is 10.1 Å². The van der Waals surface area contributed by atoms with E-state index in [9.17, 15) is 4.79 Å². The SMILES string of the molecule is Cc1ccc2nc(NC(=O)c3ccccc3-c3ccccc3)sc2c1. The molecular weight excluding hydrogens is 328 g/mol. The van der Waals surface area contributed by atoms with E-state index in [1.165, 1.54) is 16.9 Å². The molecule has 0 unspecified atom stereocenters. The Balaban J connectivity index is 1.67. The largest absolute Gasteiger partial charge is 0.298 e. The molecule has 1 N–H and O–H groups in total. The first-order valence-electron chi connectivity index (χ1n) is 8.04. The fourth-order valence-corrected chi connectivity index (χ4v) is 3.76. The van der Waals surface area contributed by atoms with Crippen molar-refractivity contribution in [3.63, 3.8) is 0 Å². The van der Waals surface area contributed by atoms with Gasteiger partial charge >= 0.3 is 0 Å². The van der Waals surface area contributed by atoms with E-state index in [0.29, 0.717) is 10.7 Å². The summed E-state index contributed by atoms with van der Waals surface area (Å²) in [5.74, 6) is -0.143. The van der Waals surface area contributed by atoms with E-state index in [1.54, 1.807) is 0 Å². The van der Waals surface area contributed by atoms with Gasteiger partial charge in [-0.15, -0.1) is 0 Å². The van der Waals surface area contributed by atoms with Gasteiger partial charge in [0.05, 0.1) is 10.2 Å². The second-order valence-corrected chi connectivity index (χ2v) is 6.89. The number of nitrogens with one attached hydrogen (secondary N) is 1. The van der Waals surface area contributed by atoms with Crippen LogP contribution in [0.1, 0.15) is 15.9 Å². The number of rotatable bonds is 3. The Morgan fingerprint density at radius 3 is 2.56 bits per heavy atom. The average Bonchev–Trinajstić information content (AvgIpc) is 3.03. The maximum Gasteiger partial charge on any atom is 0.258 e. The molecule has 1 heterocycles. The Labute approximate surface area is 150 Å². The Hall–Kier alpha value is -2.98. The van der Waals surface area contributed by atoms with Gasteiger partial charge in [-0.25, -0.2) is 4.98 Å². The fraction of sp³-hybridized carbons (Fsp3) is 0.0476. The van der Waals surface area contributed by atoms with Crippen molar-refractivity contribution in [3.05, 3.63) is 83.9 Å². The molecule has 0 spiro atoms. The van der Waals surface area contributed by atoms with E-state index in [1.807, 2.05) is 73.7 Å². The van der Waals surface area contributed by atoms with Crippen LogP contribution in [0.25, 0.3) is 21.3 Å². The molecule has 122 valence electrons. The molecule has 25 heavy (non-hydrogen) atoms. The Kier molecular flexibility index (Phi) is 4.04. The Morgan fingerprint density at radius 1 is 0.960 bits per heavy atom. The minimum Gasteiger partial charge on any atom is -0.298 e. The number of carbonyl (C=O) groups excluding carboxylic acids is 1. The zero-order valence-electron chi connectivity index (χ0n) is 13.7. The lowest BCUT2D eigenvalue weighted by atomic mass is 9.99. The first-order chi connectivity index (χ1) is 12.2. The highest BCUT2D eigenvalue weighted by Crippen LogP contribution is 2.28. The molecular formula is C21H16N2OS. The molecule has 4 aromatic rings. The third-order valence-corrected chi connectivity index (χ3v) is 4.95. The molecule has 0 saturated heterocycles. The summed E-state index contributed by atoms with van der Waals surface area (Å²) in [6, 6.07) is 23.6. The maximum absolute atomic E-state index is 12.8. The van der Waals surface area contributed by atoms with Gasteiger partial charge in [-0.2, -0.15) is 0 Å². The summed E-state index contributed by atoms with van der Waals surface area (Å²) in [4.78, 5) is 17.3. The quantitative estimate of drug-likeness (QED) is 0.531. The first-order valence-corrected chi connectivity index (χ1v) is 8.85. The van der Waals surface area contributed by atoms with E-state index in [2.05, 4.69) is 16.4 Å². The molecule has 0 aliphatic heterocycles. The van der Waals surface area contributed by atoms with E-state index in [0.717, 1.165) is 21.3 Å². The molecule has 0 aliphatic carbocycles. The number of aryl methyl sites for hydroxylation is 1. The van der Waals surface area contributed by atoms with Crippen LogP contribution in [0.15, 0.2) is 72.8 Å². The zero-order chi connectivity index (χ0) is 17.2. The van der Waals surface area contributed by atoms with Gasteiger partial charge in [-0.1, -0.05) is 65.9 Å². The van der Waals surface area contributed by atoms with Crippen LogP contribution >= 0.6 is 11.3 Å². The van der Waals surface area contributed by atoms with Crippen molar-refractivity contribution in [1.29, 1.82) is 0 Å². The summed E-state index contributed by atoms with van der Waals surface area (Å²) in [6.45, 7) is 2.05. The highest BCUT2D eigenvalue weighted by Gasteiger charge is 2.14. The second-order valence-electron chi connectivity index (χ2n) is 5.86. The van der Waals surface area contributed by atoms with E-state index in [4.69, 9.17) is 0 Å². The van der Waals surface area contributed by atoms with E-state index >= 15 is 0 Å². The van der Waals surface area contributed by atoms with Crippen molar-refractivity contribution in [3.8, 4) is 11.1 Å². The van der Waals surface area contributed by atoms with Crippen molar-refractivity contribution in [1.82, 2.24) is 4.98 Å². The number of amides is 1. The standard InChI is InChI=1S/C21H16N2OS/c1-14-11-12-18-19(13-14)25-21(22-18)23-20(24)17-10-6-5-9-16(17)15-7-3-2-4-8-15/h2-13H,1H3,(H,22,23,24). The molecule has 3 aromatic carbocycles. The summed E-state index contributed by atoms with van der Waals surface area (Å²) in [5, 5.41) is 3.56. The van der Waals surface area contributed by atoms with Crippen molar-refractivity contribution in [2.45, 2.75) is 6.92 Å².